The van der Waals surface area contributed by atoms with Crippen LogP contribution in [0.2, 0.25) is 0 Å². The van der Waals surface area contributed by atoms with Gasteiger partial charge in [-0.2, -0.15) is 0 Å². The van der Waals surface area contributed by atoms with Gasteiger partial charge >= 0.3 is 0 Å². The first-order chi connectivity index (χ1) is 6.84. The van der Waals surface area contributed by atoms with Gasteiger partial charge in [0.2, 0.25) is 0 Å². The molecule has 0 amide bonds. The second kappa shape index (κ2) is 2.95. The Hall–Kier alpha value is -1.09. The van der Waals surface area contributed by atoms with Crippen molar-refractivity contribution in [2.75, 3.05) is 13.2 Å². The molecule has 0 aromatic rings. The Bertz CT molecular complexity index is 354. The van der Waals surface area contributed by atoms with E-state index in [2.05, 4.69) is 22.5 Å². The third-order valence-corrected chi connectivity index (χ3v) is 3.10. The Morgan fingerprint density at radius 1 is 1.57 bits per heavy atom. The molecule has 0 bridgehead atoms. The molecule has 3 aliphatic rings. The molecule has 3 nitrogen and oxygen atoms in total. The van der Waals surface area contributed by atoms with E-state index in [1.807, 2.05) is 6.92 Å². The van der Waals surface area contributed by atoms with Gasteiger partial charge in [0.25, 0.3) is 0 Å². The fourth-order valence-corrected chi connectivity index (χ4v) is 2.44. The second-order valence-electron chi connectivity index (χ2n) is 4.04. The van der Waals surface area contributed by atoms with E-state index < -0.39 is 0 Å². The van der Waals surface area contributed by atoms with Crippen LogP contribution in [-0.4, -0.2) is 31.1 Å². The zero-order chi connectivity index (χ0) is 9.54. The van der Waals surface area contributed by atoms with Crippen LogP contribution in [0.4, 0.5) is 0 Å². The van der Waals surface area contributed by atoms with Crippen LogP contribution in [0.5, 0.6) is 0 Å². The first kappa shape index (κ1) is 8.24. The molecule has 3 rings (SSSR count). The first-order valence-corrected chi connectivity index (χ1v) is 5.13. The average Bonchev–Trinajstić information content (AvgIpc) is 2.59. The lowest BCUT2D eigenvalue weighted by Gasteiger charge is -2.29. The molecule has 74 valence electrons. The molecule has 14 heavy (non-hydrogen) atoms. The van der Waals surface area contributed by atoms with Crippen LogP contribution in [0.3, 0.4) is 0 Å². The van der Waals surface area contributed by atoms with Crippen molar-refractivity contribution in [1.82, 2.24) is 5.32 Å². The number of rotatable bonds is 0. The van der Waals surface area contributed by atoms with Crippen LogP contribution in [-0.2, 0) is 4.74 Å². The van der Waals surface area contributed by atoms with E-state index in [0.717, 1.165) is 25.5 Å². The predicted octanol–water partition coefficient (Wildman–Crippen LogP) is 1.03. The summed E-state index contributed by atoms with van der Waals surface area (Å²) >= 11 is 0. The van der Waals surface area contributed by atoms with Gasteiger partial charge in [-0.15, -0.1) is 0 Å². The van der Waals surface area contributed by atoms with Crippen LogP contribution >= 0.6 is 0 Å². The normalized spacial score (nSPS) is 34.8. The van der Waals surface area contributed by atoms with E-state index in [1.165, 1.54) is 11.1 Å². The first-order valence-electron chi connectivity index (χ1n) is 5.13. The maximum Gasteiger partial charge on any atom is 0.0945 e. The Kier molecular flexibility index (Phi) is 1.74. The van der Waals surface area contributed by atoms with Gasteiger partial charge in [0, 0.05) is 0 Å². The van der Waals surface area contributed by atoms with Crippen molar-refractivity contribution in [2.24, 2.45) is 4.99 Å². The molecule has 0 fully saturated rings. The average molecular weight is 190 g/mol. The Morgan fingerprint density at radius 2 is 2.50 bits per heavy atom. The van der Waals surface area contributed by atoms with Crippen molar-refractivity contribution in [1.29, 1.82) is 0 Å². The summed E-state index contributed by atoms with van der Waals surface area (Å²) in [5, 5.41) is 3.44. The summed E-state index contributed by atoms with van der Waals surface area (Å²) in [4.78, 5) is 4.55. The lowest BCUT2D eigenvalue weighted by Crippen LogP contribution is -2.39. The monoisotopic (exact) mass is 190 g/mol. The third-order valence-electron chi connectivity index (χ3n) is 3.10. The summed E-state index contributed by atoms with van der Waals surface area (Å²) in [5.41, 5.74) is 2.86. The zero-order valence-corrected chi connectivity index (χ0v) is 8.29. The Labute approximate surface area is 83.6 Å². The second-order valence-corrected chi connectivity index (χ2v) is 4.04. The van der Waals surface area contributed by atoms with Gasteiger partial charge in [0.15, 0.2) is 0 Å². The molecule has 0 radical (unpaired) electrons. The minimum absolute atomic E-state index is 0.326. The number of amidine groups is 1. The van der Waals surface area contributed by atoms with Crippen molar-refractivity contribution in [2.45, 2.75) is 25.4 Å². The Morgan fingerprint density at radius 3 is 3.43 bits per heavy atom. The van der Waals surface area contributed by atoms with Gasteiger partial charge in [-0.1, -0.05) is 12.2 Å². The van der Waals surface area contributed by atoms with E-state index in [4.69, 9.17) is 4.74 Å². The van der Waals surface area contributed by atoms with E-state index in [0.29, 0.717) is 12.1 Å². The summed E-state index contributed by atoms with van der Waals surface area (Å²) in [6.07, 6.45) is 5.41. The number of aliphatic imine (C=N–C) groups is 1. The molecule has 0 aromatic carbocycles. The van der Waals surface area contributed by atoms with Gasteiger partial charge < -0.3 is 10.1 Å². The number of nitrogens with zero attached hydrogens (tertiary/aromatic N) is 1. The fourth-order valence-electron chi connectivity index (χ4n) is 2.44. The maximum absolute atomic E-state index is 5.44. The molecule has 2 aliphatic heterocycles. The topological polar surface area (TPSA) is 33.6 Å². The van der Waals surface area contributed by atoms with Gasteiger partial charge in [-0.3, -0.25) is 4.99 Å². The minimum atomic E-state index is 0.326. The van der Waals surface area contributed by atoms with Gasteiger partial charge in [-0.25, -0.2) is 0 Å². The Balaban J connectivity index is 1.96. The predicted molar refractivity (Wildman–Crippen MR) is 55.4 cm³/mol. The largest absolute Gasteiger partial charge is 0.376 e. The SMILES string of the molecule is CC1=NC2C=CC3=C(CCOC3)C2N1. The minimum Gasteiger partial charge on any atom is -0.376 e. The summed E-state index contributed by atoms with van der Waals surface area (Å²) in [6, 6.07) is 0.741. The summed E-state index contributed by atoms with van der Waals surface area (Å²) in [6.45, 7) is 3.66. The van der Waals surface area contributed by atoms with Crippen LogP contribution in [0.15, 0.2) is 28.3 Å². The quantitative estimate of drug-likeness (QED) is 0.619. The molecule has 0 spiro atoms. The molecular formula is C11H14N2O. The van der Waals surface area contributed by atoms with Crippen LogP contribution in [0.1, 0.15) is 13.3 Å². The van der Waals surface area contributed by atoms with Crippen molar-refractivity contribution < 1.29 is 4.74 Å². The summed E-state index contributed by atoms with van der Waals surface area (Å²) in [7, 11) is 0. The molecule has 1 N–H and O–H groups in total. The standard InChI is InChI=1S/C11H14N2O/c1-7-12-10-3-2-8-6-14-5-4-9(8)11(10)13-7/h2-3,10-11H,4-6H2,1H3,(H,12,13). The fraction of sp³-hybridized carbons (Fsp3) is 0.545. The molecule has 0 saturated carbocycles. The number of hydrogen-bond acceptors (Lipinski definition) is 3. The highest BCUT2D eigenvalue weighted by atomic mass is 16.5. The number of hydrogen-bond donors (Lipinski definition) is 1. The highest BCUT2D eigenvalue weighted by molar-refractivity contribution is 5.83. The summed E-state index contributed by atoms with van der Waals surface area (Å²) in [5.74, 6) is 1.06. The third kappa shape index (κ3) is 1.12. The smallest absolute Gasteiger partial charge is 0.0945 e. The lowest BCUT2D eigenvalue weighted by atomic mass is 9.87. The van der Waals surface area contributed by atoms with E-state index in [1.54, 1.807) is 0 Å². The molecule has 0 aromatic heterocycles. The maximum atomic E-state index is 5.44. The van der Waals surface area contributed by atoms with E-state index in [-0.39, 0.29) is 0 Å². The number of ether oxygens (including phenoxy) is 1. The van der Waals surface area contributed by atoms with Gasteiger partial charge in [0.05, 0.1) is 31.1 Å². The van der Waals surface area contributed by atoms with Crippen LogP contribution in [0.25, 0.3) is 0 Å². The van der Waals surface area contributed by atoms with Gasteiger partial charge in [-0.05, 0) is 24.5 Å². The van der Waals surface area contributed by atoms with Crippen molar-refractivity contribution in [3.8, 4) is 0 Å². The molecular weight excluding hydrogens is 176 g/mol. The summed E-state index contributed by atoms with van der Waals surface area (Å²) < 4.78 is 5.44. The lowest BCUT2D eigenvalue weighted by molar-refractivity contribution is 0.145. The van der Waals surface area contributed by atoms with Gasteiger partial charge in [0.1, 0.15) is 0 Å². The van der Waals surface area contributed by atoms with Crippen molar-refractivity contribution in [3.63, 3.8) is 0 Å². The molecule has 1 aliphatic carbocycles. The van der Waals surface area contributed by atoms with Crippen LogP contribution < -0.4 is 5.32 Å². The molecule has 2 atom stereocenters. The zero-order valence-electron chi connectivity index (χ0n) is 8.29. The van der Waals surface area contributed by atoms with E-state index >= 15 is 0 Å². The van der Waals surface area contributed by atoms with Crippen molar-refractivity contribution >= 4 is 5.84 Å². The molecule has 2 heterocycles. The number of nitrogens with one attached hydrogen (secondary N) is 1. The van der Waals surface area contributed by atoms with E-state index in [9.17, 15) is 0 Å². The molecule has 2 unspecified atom stereocenters. The molecule has 3 heteroatoms. The highest BCUT2D eigenvalue weighted by Crippen LogP contribution is 2.29. The van der Waals surface area contributed by atoms with Crippen molar-refractivity contribution in [3.05, 3.63) is 23.3 Å². The highest BCUT2D eigenvalue weighted by Gasteiger charge is 2.33. The van der Waals surface area contributed by atoms with Crippen LogP contribution in [0, 0.1) is 0 Å². The molecule has 0 saturated heterocycles. The number of fused-ring (bicyclic) bond motifs is 2.